The van der Waals surface area contributed by atoms with Crippen LogP contribution in [0.5, 0.6) is 0 Å². The molecule has 1 aromatic carbocycles. The maximum atomic E-state index is 12.9. The van der Waals surface area contributed by atoms with Gasteiger partial charge in [0.15, 0.2) is 0 Å². The van der Waals surface area contributed by atoms with Crippen LogP contribution in [0.15, 0.2) is 29.2 Å². The summed E-state index contributed by atoms with van der Waals surface area (Å²) in [7, 11) is -3.58. The lowest BCUT2D eigenvalue weighted by Gasteiger charge is -2.27. The molecule has 2 N–H and O–H groups in total. The summed E-state index contributed by atoms with van der Waals surface area (Å²) in [6.07, 6.45) is 8.29. The molecule has 25 heavy (non-hydrogen) atoms. The molecule has 3 rings (SSSR count). The van der Waals surface area contributed by atoms with Crippen LogP contribution in [0.4, 0.5) is 10.5 Å². The summed E-state index contributed by atoms with van der Waals surface area (Å²) in [6, 6.07) is 6.51. The first kappa shape index (κ1) is 18.2. The topological polar surface area (TPSA) is 78.5 Å². The minimum Gasteiger partial charge on any atom is -0.335 e. The summed E-state index contributed by atoms with van der Waals surface area (Å²) >= 11 is 0. The van der Waals surface area contributed by atoms with Gasteiger partial charge in [0.05, 0.1) is 5.69 Å². The Morgan fingerprint density at radius 2 is 1.60 bits per heavy atom. The molecule has 1 aliphatic heterocycles. The van der Waals surface area contributed by atoms with E-state index >= 15 is 0 Å². The number of piperidine rings is 1. The summed E-state index contributed by atoms with van der Waals surface area (Å²) in [5.74, 6) is 0. The fourth-order valence-electron chi connectivity index (χ4n) is 3.63. The Bertz CT molecular complexity index is 693. The van der Waals surface area contributed by atoms with E-state index in [1.54, 1.807) is 24.3 Å². The van der Waals surface area contributed by atoms with Crippen molar-refractivity contribution in [2.75, 3.05) is 18.4 Å². The SMILES string of the molecule is O=C(Nc1ccccc1S(=O)(=O)N1CCCCC1)NC1CCCCC1. The number of nitrogens with one attached hydrogen (secondary N) is 2. The van der Waals surface area contributed by atoms with Crippen LogP contribution in [-0.4, -0.2) is 37.9 Å². The maximum Gasteiger partial charge on any atom is 0.319 e. The second kappa shape index (κ2) is 8.19. The predicted molar refractivity (Wildman–Crippen MR) is 98.1 cm³/mol. The van der Waals surface area contributed by atoms with Crippen molar-refractivity contribution < 1.29 is 13.2 Å². The Kier molecular flexibility index (Phi) is 5.96. The molecule has 1 aromatic rings. The van der Waals surface area contributed by atoms with E-state index in [1.165, 1.54) is 10.7 Å². The third-order valence-electron chi connectivity index (χ3n) is 5.01. The van der Waals surface area contributed by atoms with Crippen molar-refractivity contribution in [3.05, 3.63) is 24.3 Å². The van der Waals surface area contributed by atoms with Gasteiger partial charge in [-0.15, -0.1) is 0 Å². The predicted octanol–water partition coefficient (Wildman–Crippen LogP) is 3.32. The normalized spacial score (nSPS) is 20.2. The van der Waals surface area contributed by atoms with Crippen LogP contribution in [0, 0.1) is 0 Å². The number of benzene rings is 1. The molecular formula is C18H27N3O3S. The quantitative estimate of drug-likeness (QED) is 0.859. The minimum atomic E-state index is -3.58. The van der Waals surface area contributed by atoms with Crippen LogP contribution < -0.4 is 10.6 Å². The van der Waals surface area contributed by atoms with Crippen molar-refractivity contribution in [1.82, 2.24) is 9.62 Å². The van der Waals surface area contributed by atoms with E-state index in [1.807, 2.05) is 0 Å². The van der Waals surface area contributed by atoms with Gasteiger partial charge >= 0.3 is 6.03 Å². The smallest absolute Gasteiger partial charge is 0.319 e. The number of hydrogen-bond acceptors (Lipinski definition) is 3. The van der Waals surface area contributed by atoms with Gasteiger partial charge in [-0.1, -0.05) is 37.8 Å². The summed E-state index contributed by atoms with van der Waals surface area (Å²) < 4.78 is 27.4. The molecule has 1 saturated carbocycles. The average molecular weight is 365 g/mol. The first-order chi connectivity index (χ1) is 12.1. The Balaban J connectivity index is 1.72. The molecule has 2 fully saturated rings. The molecule has 0 spiro atoms. The minimum absolute atomic E-state index is 0.177. The van der Waals surface area contributed by atoms with Crippen molar-refractivity contribution in [3.8, 4) is 0 Å². The first-order valence-corrected chi connectivity index (χ1v) is 10.7. The van der Waals surface area contributed by atoms with Crippen molar-refractivity contribution in [2.24, 2.45) is 0 Å². The first-order valence-electron chi connectivity index (χ1n) is 9.24. The lowest BCUT2D eigenvalue weighted by Crippen LogP contribution is -2.40. The van der Waals surface area contributed by atoms with Crippen LogP contribution >= 0.6 is 0 Å². The molecule has 0 atom stereocenters. The third-order valence-corrected chi connectivity index (χ3v) is 6.97. The Morgan fingerprint density at radius 1 is 0.960 bits per heavy atom. The molecular weight excluding hydrogens is 338 g/mol. The van der Waals surface area contributed by atoms with Crippen LogP contribution in [0.25, 0.3) is 0 Å². The highest BCUT2D eigenvalue weighted by Gasteiger charge is 2.28. The monoisotopic (exact) mass is 365 g/mol. The number of amides is 2. The zero-order valence-corrected chi connectivity index (χ0v) is 15.4. The summed E-state index contributed by atoms with van der Waals surface area (Å²) in [5, 5.41) is 5.71. The Hall–Kier alpha value is -1.60. The highest BCUT2D eigenvalue weighted by atomic mass is 32.2. The molecule has 1 heterocycles. The summed E-state index contributed by atoms with van der Waals surface area (Å²) in [5.41, 5.74) is 0.349. The fraction of sp³-hybridized carbons (Fsp3) is 0.611. The van der Waals surface area contributed by atoms with Gasteiger partial charge in [0.1, 0.15) is 4.90 Å². The zero-order chi connectivity index (χ0) is 17.7. The lowest BCUT2D eigenvalue weighted by atomic mass is 9.96. The highest BCUT2D eigenvalue weighted by molar-refractivity contribution is 7.89. The molecule has 138 valence electrons. The van der Waals surface area contributed by atoms with Gasteiger partial charge in [-0.25, -0.2) is 13.2 Å². The second-order valence-corrected chi connectivity index (χ2v) is 8.80. The summed E-state index contributed by atoms with van der Waals surface area (Å²) in [6.45, 7) is 1.09. The number of para-hydroxylation sites is 1. The zero-order valence-electron chi connectivity index (χ0n) is 14.5. The van der Waals surface area contributed by atoms with Gasteiger partial charge in [0, 0.05) is 19.1 Å². The van der Waals surface area contributed by atoms with Crippen molar-refractivity contribution in [2.45, 2.75) is 62.3 Å². The number of carbonyl (C=O) groups excluding carboxylic acids is 1. The highest BCUT2D eigenvalue weighted by Crippen LogP contribution is 2.27. The number of nitrogens with zero attached hydrogens (tertiary/aromatic N) is 1. The van der Waals surface area contributed by atoms with E-state index in [-0.39, 0.29) is 17.0 Å². The lowest BCUT2D eigenvalue weighted by molar-refractivity contribution is 0.244. The molecule has 1 saturated heterocycles. The van der Waals surface area contributed by atoms with Crippen molar-refractivity contribution >= 4 is 21.7 Å². The molecule has 0 bridgehead atoms. The van der Waals surface area contributed by atoms with Crippen LogP contribution in [0.3, 0.4) is 0 Å². The summed E-state index contributed by atoms with van der Waals surface area (Å²) in [4.78, 5) is 12.5. The van der Waals surface area contributed by atoms with E-state index < -0.39 is 10.0 Å². The standard InChI is InChI=1S/C18H27N3O3S/c22-18(19-15-9-3-1-4-10-15)20-16-11-5-6-12-17(16)25(23,24)21-13-7-2-8-14-21/h5-6,11-12,15H,1-4,7-10,13-14H2,(H2,19,20,22). The Labute approximate surface area is 150 Å². The van der Waals surface area contributed by atoms with E-state index in [9.17, 15) is 13.2 Å². The average Bonchev–Trinajstić information content (AvgIpc) is 2.63. The van der Waals surface area contributed by atoms with Gasteiger partial charge in [-0.05, 0) is 37.8 Å². The Morgan fingerprint density at radius 3 is 2.32 bits per heavy atom. The molecule has 1 aliphatic carbocycles. The second-order valence-electron chi connectivity index (χ2n) is 6.89. The van der Waals surface area contributed by atoms with E-state index in [0.29, 0.717) is 18.8 Å². The van der Waals surface area contributed by atoms with Gasteiger partial charge in [-0.2, -0.15) is 4.31 Å². The van der Waals surface area contributed by atoms with Gasteiger partial charge < -0.3 is 10.6 Å². The van der Waals surface area contributed by atoms with Crippen LogP contribution in [0.1, 0.15) is 51.4 Å². The number of hydrogen-bond donors (Lipinski definition) is 2. The van der Waals surface area contributed by atoms with Crippen molar-refractivity contribution in [3.63, 3.8) is 0 Å². The van der Waals surface area contributed by atoms with Gasteiger partial charge in [0.25, 0.3) is 0 Å². The van der Waals surface area contributed by atoms with Crippen molar-refractivity contribution in [1.29, 1.82) is 0 Å². The van der Waals surface area contributed by atoms with Gasteiger partial charge in [-0.3, -0.25) is 0 Å². The number of sulfonamides is 1. The van der Waals surface area contributed by atoms with E-state index in [2.05, 4.69) is 10.6 Å². The van der Waals surface area contributed by atoms with Crippen LogP contribution in [-0.2, 0) is 10.0 Å². The third kappa shape index (κ3) is 4.52. The van der Waals surface area contributed by atoms with E-state index in [4.69, 9.17) is 0 Å². The number of anilines is 1. The molecule has 2 aliphatic rings. The van der Waals surface area contributed by atoms with E-state index in [0.717, 1.165) is 44.9 Å². The van der Waals surface area contributed by atoms with Crippen LogP contribution in [0.2, 0.25) is 0 Å². The molecule has 7 heteroatoms. The van der Waals surface area contributed by atoms with Gasteiger partial charge in [0.2, 0.25) is 10.0 Å². The number of urea groups is 1. The number of carbonyl (C=O) groups is 1. The molecule has 6 nitrogen and oxygen atoms in total. The largest absolute Gasteiger partial charge is 0.335 e. The maximum absolute atomic E-state index is 12.9. The molecule has 0 aromatic heterocycles. The molecule has 0 unspecified atom stereocenters. The molecule has 0 radical (unpaired) electrons. The number of rotatable bonds is 4. The fourth-order valence-corrected chi connectivity index (χ4v) is 5.29. The molecule has 2 amide bonds.